The molecule has 7 aromatic rings. The van der Waals surface area contributed by atoms with Crippen molar-refractivity contribution in [3.63, 3.8) is 0 Å². The van der Waals surface area contributed by atoms with Gasteiger partial charge in [0, 0.05) is 16.5 Å². The van der Waals surface area contributed by atoms with E-state index in [0.29, 0.717) is 17.8 Å². The van der Waals surface area contributed by atoms with E-state index in [4.69, 9.17) is 4.74 Å². The van der Waals surface area contributed by atoms with Crippen molar-refractivity contribution < 1.29 is 4.74 Å². The van der Waals surface area contributed by atoms with E-state index >= 15 is 0 Å². The molecular weight excluding hydrogens is 581 g/mol. The molecule has 0 fully saturated rings. The number of hydrogen-bond donors (Lipinski definition) is 0. The van der Waals surface area contributed by atoms with Gasteiger partial charge in [0.2, 0.25) is 0 Å². The van der Waals surface area contributed by atoms with E-state index in [0.717, 1.165) is 17.2 Å². The molecule has 0 N–H and O–H groups in total. The Hall–Kier alpha value is -5.02. The number of para-hydroxylation sites is 3. The Morgan fingerprint density at radius 3 is 1.65 bits per heavy atom. The van der Waals surface area contributed by atoms with Crippen LogP contribution >= 0.6 is 0 Å². The minimum atomic E-state index is 0.0813. The van der Waals surface area contributed by atoms with E-state index in [9.17, 15) is 0 Å². The van der Waals surface area contributed by atoms with Crippen LogP contribution in [0.15, 0.2) is 127 Å². The maximum Gasteiger partial charge on any atom is 0.251 e. The van der Waals surface area contributed by atoms with Crippen molar-refractivity contribution in [2.75, 3.05) is 0 Å². The number of rotatable bonds is 6. The lowest BCUT2D eigenvalue weighted by molar-refractivity contribution is 0.487. The lowest BCUT2D eigenvalue weighted by Crippen LogP contribution is -2.57. The quantitative estimate of drug-likeness (QED) is 0.168. The van der Waals surface area contributed by atoms with Crippen LogP contribution in [0, 0.1) is 0 Å². The maximum absolute atomic E-state index is 6.63. The molecule has 0 radical (unpaired) electrons. The summed E-state index contributed by atoms with van der Waals surface area (Å²) in [5.74, 6) is 3.16. The van der Waals surface area contributed by atoms with E-state index in [1.54, 1.807) is 0 Å². The van der Waals surface area contributed by atoms with Crippen molar-refractivity contribution in [2.45, 2.75) is 59.3 Å². The van der Waals surface area contributed by atoms with E-state index in [1.807, 2.05) is 0 Å². The summed E-state index contributed by atoms with van der Waals surface area (Å²) in [6.45, 7) is 14.1. The molecule has 2 nitrogen and oxygen atoms in total. The number of benzene rings is 6. The van der Waals surface area contributed by atoms with Crippen LogP contribution in [0.4, 0.5) is 0 Å². The molecule has 2 heterocycles. The molecule has 0 saturated heterocycles. The van der Waals surface area contributed by atoms with Gasteiger partial charge in [0.05, 0.1) is 11.0 Å². The van der Waals surface area contributed by atoms with Crippen LogP contribution in [0.5, 0.6) is 11.5 Å². The molecule has 1 aromatic heterocycles. The first kappa shape index (κ1) is 30.3. The Morgan fingerprint density at radius 2 is 1.04 bits per heavy atom. The van der Waals surface area contributed by atoms with Gasteiger partial charge in [0.25, 0.3) is 6.71 Å². The minimum absolute atomic E-state index is 0.0813. The van der Waals surface area contributed by atoms with Crippen molar-refractivity contribution in [2.24, 2.45) is 0 Å². The molecule has 0 atom stereocenters. The SMILES string of the molecule is CC(C)c1cc(C(C)C)c(B2c3ccccc3Oc3ccc(-c4ccc(-n5c6ccccc6c6ccccc65)cc4)cc32)c(C(C)C)c1. The van der Waals surface area contributed by atoms with E-state index < -0.39 is 0 Å². The lowest BCUT2D eigenvalue weighted by atomic mass is 9.33. The second kappa shape index (κ2) is 11.9. The summed E-state index contributed by atoms with van der Waals surface area (Å²) in [6.07, 6.45) is 0. The van der Waals surface area contributed by atoms with Gasteiger partial charge in [0.15, 0.2) is 0 Å². The van der Waals surface area contributed by atoms with Crippen molar-refractivity contribution in [1.29, 1.82) is 0 Å². The van der Waals surface area contributed by atoms with Crippen LogP contribution in [0.3, 0.4) is 0 Å². The highest BCUT2D eigenvalue weighted by molar-refractivity contribution is 6.97. The Kier molecular flexibility index (Phi) is 7.52. The summed E-state index contributed by atoms with van der Waals surface area (Å²) in [7, 11) is 0. The molecule has 0 unspecified atom stereocenters. The third kappa shape index (κ3) is 4.96. The van der Waals surface area contributed by atoms with E-state index in [2.05, 4.69) is 174 Å². The molecule has 48 heavy (non-hydrogen) atoms. The van der Waals surface area contributed by atoms with Crippen molar-refractivity contribution >= 4 is 44.9 Å². The molecule has 236 valence electrons. The molecular formula is C45H42BNO. The smallest absolute Gasteiger partial charge is 0.251 e. The van der Waals surface area contributed by atoms with Crippen LogP contribution in [0.2, 0.25) is 0 Å². The maximum atomic E-state index is 6.63. The fourth-order valence-electron chi connectivity index (χ4n) is 7.80. The number of aromatic nitrogens is 1. The van der Waals surface area contributed by atoms with Gasteiger partial charge in [-0.1, -0.05) is 138 Å². The largest absolute Gasteiger partial charge is 0.458 e. The molecule has 0 saturated carbocycles. The second-order valence-corrected chi connectivity index (χ2v) is 14.3. The summed E-state index contributed by atoms with van der Waals surface area (Å²) >= 11 is 0. The zero-order chi connectivity index (χ0) is 33.1. The minimum Gasteiger partial charge on any atom is -0.458 e. The summed E-state index contributed by atoms with van der Waals surface area (Å²) in [5, 5.41) is 2.56. The molecule has 0 aliphatic carbocycles. The monoisotopic (exact) mass is 623 g/mol. The van der Waals surface area contributed by atoms with Crippen LogP contribution < -0.4 is 21.1 Å². The summed E-state index contributed by atoms with van der Waals surface area (Å²) in [5.41, 5.74) is 14.2. The summed E-state index contributed by atoms with van der Waals surface area (Å²) in [4.78, 5) is 0. The topological polar surface area (TPSA) is 14.2 Å². The molecule has 3 heteroatoms. The molecule has 1 aliphatic heterocycles. The third-order valence-corrected chi connectivity index (χ3v) is 10.3. The number of hydrogen-bond acceptors (Lipinski definition) is 1. The van der Waals surface area contributed by atoms with Crippen molar-refractivity contribution in [3.05, 3.63) is 144 Å². The highest BCUT2D eigenvalue weighted by Gasteiger charge is 2.36. The van der Waals surface area contributed by atoms with Crippen LogP contribution in [-0.4, -0.2) is 11.3 Å². The molecule has 8 rings (SSSR count). The first-order chi connectivity index (χ1) is 23.3. The van der Waals surface area contributed by atoms with Crippen molar-refractivity contribution in [1.82, 2.24) is 4.57 Å². The molecule has 0 amide bonds. The summed E-state index contributed by atoms with van der Waals surface area (Å²) in [6, 6.07) is 46.8. The highest BCUT2D eigenvalue weighted by Crippen LogP contribution is 2.34. The summed E-state index contributed by atoms with van der Waals surface area (Å²) < 4.78 is 9.01. The zero-order valence-corrected chi connectivity index (χ0v) is 28.8. The predicted octanol–water partition coefficient (Wildman–Crippen LogP) is 10.4. The fourth-order valence-corrected chi connectivity index (χ4v) is 7.80. The standard InChI is InChI=1S/C45H42BNO/c1-28(2)33-25-37(29(3)4)45(38(26-33)30(5)6)46-39-15-9-12-18-43(39)48-44-24-21-32(27-40(44)46)31-19-22-34(23-20-31)47-41-16-10-7-13-35(41)36-14-8-11-17-42(36)47/h7-30H,1-6H3. The van der Waals surface area contributed by atoms with Crippen LogP contribution in [0.1, 0.15) is 76.0 Å². The third-order valence-electron chi connectivity index (χ3n) is 10.3. The number of nitrogens with zero attached hydrogens (tertiary/aromatic N) is 1. The van der Waals surface area contributed by atoms with Gasteiger partial charge in [-0.15, -0.1) is 0 Å². The Balaban J connectivity index is 1.28. The van der Waals surface area contributed by atoms with E-state index in [-0.39, 0.29) is 6.71 Å². The first-order valence-corrected chi connectivity index (χ1v) is 17.5. The number of ether oxygens (including phenoxy) is 1. The van der Waals surface area contributed by atoms with Crippen LogP contribution in [-0.2, 0) is 0 Å². The molecule has 0 spiro atoms. The zero-order valence-electron chi connectivity index (χ0n) is 28.8. The number of fused-ring (bicyclic) bond motifs is 5. The average Bonchev–Trinajstić information content (AvgIpc) is 3.44. The van der Waals surface area contributed by atoms with Gasteiger partial charge in [0.1, 0.15) is 11.5 Å². The average molecular weight is 624 g/mol. The fraction of sp³-hybridized carbons (Fsp3) is 0.200. The van der Waals surface area contributed by atoms with Gasteiger partial charge in [-0.25, -0.2) is 0 Å². The highest BCUT2D eigenvalue weighted by atomic mass is 16.5. The van der Waals surface area contributed by atoms with Gasteiger partial charge >= 0.3 is 0 Å². The predicted molar refractivity (Wildman–Crippen MR) is 206 cm³/mol. The molecule has 6 aromatic carbocycles. The van der Waals surface area contributed by atoms with Crippen molar-refractivity contribution in [3.8, 4) is 28.3 Å². The van der Waals surface area contributed by atoms with Gasteiger partial charge < -0.3 is 9.30 Å². The van der Waals surface area contributed by atoms with E-state index in [1.165, 1.54) is 66.0 Å². The molecule has 1 aliphatic rings. The Morgan fingerprint density at radius 1 is 0.500 bits per heavy atom. The molecule has 0 bridgehead atoms. The Labute approximate surface area is 285 Å². The lowest BCUT2D eigenvalue weighted by Gasteiger charge is -2.32. The Bertz CT molecular complexity index is 2230. The normalized spacial score (nSPS) is 12.6. The first-order valence-electron chi connectivity index (χ1n) is 17.5. The van der Waals surface area contributed by atoms with Crippen LogP contribution in [0.25, 0.3) is 38.6 Å². The second-order valence-electron chi connectivity index (χ2n) is 14.3. The van der Waals surface area contributed by atoms with Gasteiger partial charge in [-0.05, 0) is 92.9 Å². The van der Waals surface area contributed by atoms with Gasteiger partial charge in [-0.2, -0.15) is 0 Å². The van der Waals surface area contributed by atoms with Gasteiger partial charge in [-0.3, -0.25) is 0 Å².